The van der Waals surface area contributed by atoms with Gasteiger partial charge < -0.3 is 10.6 Å². The molecule has 1 heterocycles. The standard InChI is InChI=1S/C12H17BrN2OS.ClH/c1-15(7-9-6-10(13)17-8-9)11(16)12(14)4-2-3-5-12;/h6,8H,2-5,7,14H2,1H3;1H. The second-order valence-electron chi connectivity index (χ2n) is 4.78. The highest BCUT2D eigenvalue weighted by molar-refractivity contribution is 9.11. The molecule has 1 aliphatic rings. The first-order chi connectivity index (χ1) is 8.01. The SMILES string of the molecule is CN(Cc1csc(Br)c1)C(=O)C1(N)CCCC1.Cl. The van der Waals surface area contributed by atoms with E-state index >= 15 is 0 Å². The zero-order valence-electron chi connectivity index (χ0n) is 10.3. The van der Waals surface area contributed by atoms with Gasteiger partial charge >= 0.3 is 0 Å². The van der Waals surface area contributed by atoms with Crippen molar-refractivity contribution in [3.05, 3.63) is 20.8 Å². The van der Waals surface area contributed by atoms with Gasteiger partial charge in [-0.25, -0.2) is 0 Å². The quantitative estimate of drug-likeness (QED) is 0.907. The van der Waals surface area contributed by atoms with Crippen LogP contribution < -0.4 is 5.73 Å². The molecule has 0 aromatic carbocycles. The fraction of sp³-hybridized carbons (Fsp3) is 0.583. The van der Waals surface area contributed by atoms with Gasteiger partial charge in [0.05, 0.1) is 9.33 Å². The third kappa shape index (κ3) is 3.47. The normalized spacial score (nSPS) is 17.3. The first-order valence-electron chi connectivity index (χ1n) is 5.79. The zero-order chi connectivity index (χ0) is 12.5. The molecular formula is C12H18BrClN2OS. The molecule has 102 valence electrons. The van der Waals surface area contributed by atoms with Gasteiger partial charge in [-0.3, -0.25) is 4.79 Å². The highest BCUT2D eigenvalue weighted by atomic mass is 79.9. The highest BCUT2D eigenvalue weighted by Gasteiger charge is 2.38. The lowest BCUT2D eigenvalue weighted by molar-refractivity contribution is -0.136. The maximum Gasteiger partial charge on any atom is 0.242 e. The summed E-state index contributed by atoms with van der Waals surface area (Å²) >= 11 is 5.06. The number of hydrogen-bond donors (Lipinski definition) is 1. The van der Waals surface area contributed by atoms with E-state index in [4.69, 9.17) is 5.73 Å². The van der Waals surface area contributed by atoms with Gasteiger partial charge in [0, 0.05) is 13.6 Å². The fourth-order valence-corrected chi connectivity index (χ4v) is 3.57. The molecule has 0 radical (unpaired) electrons. The summed E-state index contributed by atoms with van der Waals surface area (Å²) in [6.45, 7) is 0.639. The lowest BCUT2D eigenvalue weighted by Crippen LogP contribution is -2.52. The molecule has 2 rings (SSSR count). The van der Waals surface area contributed by atoms with Crippen LogP contribution in [-0.2, 0) is 11.3 Å². The van der Waals surface area contributed by atoms with Crippen LogP contribution in [0.1, 0.15) is 31.2 Å². The van der Waals surface area contributed by atoms with Crippen LogP contribution in [0, 0.1) is 0 Å². The Bertz CT molecular complexity index is 418. The second kappa shape index (κ2) is 6.37. The zero-order valence-corrected chi connectivity index (χ0v) is 13.5. The number of nitrogens with two attached hydrogens (primary N) is 1. The average molecular weight is 354 g/mol. The van der Waals surface area contributed by atoms with Gasteiger partial charge in [-0.05, 0) is 45.8 Å². The Kier molecular flexibility index (Phi) is 5.65. The first kappa shape index (κ1) is 16.0. The molecule has 6 heteroatoms. The van der Waals surface area contributed by atoms with Gasteiger partial charge in [0.25, 0.3) is 0 Å². The number of likely N-dealkylation sites (N-methyl/N-ethyl adjacent to an activating group) is 1. The Morgan fingerprint density at radius 1 is 1.56 bits per heavy atom. The molecule has 2 N–H and O–H groups in total. The van der Waals surface area contributed by atoms with Crippen LogP contribution >= 0.6 is 39.7 Å². The summed E-state index contributed by atoms with van der Waals surface area (Å²) in [6.07, 6.45) is 3.78. The topological polar surface area (TPSA) is 46.3 Å². The summed E-state index contributed by atoms with van der Waals surface area (Å²) < 4.78 is 1.09. The van der Waals surface area contributed by atoms with Gasteiger partial charge in [0.2, 0.25) is 5.91 Å². The minimum Gasteiger partial charge on any atom is -0.340 e. The number of amides is 1. The maximum atomic E-state index is 12.3. The minimum atomic E-state index is -0.609. The van der Waals surface area contributed by atoms with Gasteiger partial charge in [-0.15, -0.1) is 23.7 Å². The van der Waals surface area contributed by atoms with Crippen molar-refractivity contribution in [1.29, 1.82) is 0 Å². The lowest BCUT2D eigenvalue weighted by Gasteiger charge is -2.28. The van der Waals surface area contributed by atoms with Crippen molar-refractivity contribution in [2.75, 3.05) is 7.05 Å². The van der Waals surface area contributed by atoms with Crippen LogP contribution in [0.2, 0.25) is 0 Å². The van der Waals surface area contributed by atoms with E-state index in [0.29, 0.717) is 6.54 Å². The second-order valence-corrected chi connectivity index (χ2v) is 7.07. The molecular weight excluding hydrogens is 336 g/mol. The van der Waals surface area contributed by atoms with Crippen molar-refractivity contribution in [2.24, 2.45) is 5.73 Å². The smallest absolute Gasteiger partial charge is 0.242 e. The van der Waals surface area contributed by atoms with Crippen LogP contribution in [0.4, 0.5) is 0 Å². The summed E-state index contributed by atoms with van der Waals surface area (Å²) in [5.41, 5.74) is 6.71. The van der Waals surface area contributed by atoms with E-state index < -0.39 is 5.54 Å². The highest BCUT2D eigenvalue weighted by Crippen LogP contribution is 2.29. The van der Waals surface area contributed by atoms with Gasteiger partial charge in [-0.2, -0.15) is 0 Å². The lowest BCUT2D eigenvalue weighted by atomic mass is 9.97. The molecule has 1 saturated carbocycles. The maximum absolute atomic E-state index is 12.3. The number of carbonyl (C=O) groups excluding carboxylic acids is 1. The van der Waals surface area contributed by atoms with Crippen molar-refractivity contribution in [3.63, 3.8) is 0 Å². The van der Waals surface area contributed by atoms with E-state index in [1.165, 1.54) is 0 Å². The Balaban J connectivity index is 0.00000162. The van der Waals surface area contributed by atoms with Crippen molar-refractivity contribution < 1.29 is 4.79 Å². The Labute approximate surface area is 126 Å². The summed E-state index contributed by atoms with van der Waals surface area (Å²) in [5.74, 6) is 0.0809. The first-order valence-corrected chi connectivity index (χ1v) is 7.46. The molecule has 1 aromatic rings. The molecule has 1 aromatic heterocycles. The van der Waals surface area contributed by atoms with E-state index in [9.17, 15) is 4.79 Å². The van der Waals surface area contributed by atoms with Gasteiger partial charge in [-0.1, -0.05) is 12.8 Å². The molecule has 0 saturated heterocycles. The third-order valence-electron chi connectivity index (χ3n) is 3.31. The van der Waals surface area contributed by atoms with Gasteiger partial charge in [0.15, 0.2) is 0 Å². The Morgan fingerprint density at radius 2 is 2.17 bits per heavy atom. The molecule has 0 bridgehead atoms. The molecule has 0 aliphatic heterocycles. The largest absolute Gasteiger partial charge is 0.340 e. The summed E-state index contributed by atoms with van der Waals surface area (Å²) in [5, 5.41) is 2.06. The van der Waals surface area contributed by atoms with Crippen LogP contribution in [0.25, 0.3) is 0 Å². The molecule has 1 aliphatic carbocycles. The van der Waals surface area contributed by atoms with Crippen molar-refractivity contribution >= 4 is 45.6 Å². The van der Waals surface area contributed by atoms with E-state index in [0.717, 1.165) is 35.0 Å². The Hall–Kier alpha value is -0.100. The summed E-state index contributed by atoms with van der Waals surface area (Å²) in [7, 11) is 1.83. The number of carbonyl (C=O) groups is 1. The van der Waals surface area contributed by atoms with E-state index in [2.05, 4.69) is 21.3 Å². The number of halogens is 2. The number of nitrogens with zero attached hydrogens (tertiary/aromatic N) is 1. The van der Waals surface area contributed by atoms with Crippen molar-refractivity contribution in [1.82, 2.24) is 4.90 Å². The number of rotatable bonds is 3. The molecule has 0 atom stereocenters. The minimum absolute atomic E-state index is 0. The predicted octanol–water partition coefficient (Wildman–Crippen LogP) is 3.16. The van der Waals surface area contributed by atoms with Gasteiger partial charge in [0.1, 0.15) is 0 Å². The van der Waals surface area contributed by atoms with Crippen LogP contribution in [0.15, 0.2) is 15.2 Å². The molecule has 3 nitrogen and oxygen atoms in total. The third-order valence-corrected chi connectivity index (χ3v) is 4.86. The van der Waals surface area contributed by atoms with E-state index in [1.54, 1.807) is 16.2 Å². The fourth-order valence-electron chi connectivity index (χ4n) is 2.37. The van der Waals surface area contributed by atoms with Crippen LogP contribution in [0.5, 0.6) is 0 Å². The average Bonchev–Trinajstić information content (AvgIpc) is 2.88. The molecule has 18 heavy (non-hydrogen) atoms. The number of hydrogen-bond acceptors (Lipinski definition) is 3. The molecule has 1 fully saturated rings. The molecule has 1 amide bonds. The van der Waals surface area contributed by atoms with E-state index in [1.807, 2.05) is 13.1 Å². The monoisotopic (exact) mass is 352 g/mol. The van der Waals surface area contributed by atoms with Crippen LogP contribution in [-0.4, -0.2) is 23.4 Å². The van der Waals surface area contributed by atoms with Crippen LogP contribution in [0.3, 0.4) is 0 Å². The molecule has 0 unspecified atom stereocenters. The Morgan fingerprint density at radius 3 is 2.67 bits per heavy atom. The molecule has 0 spiro atoms. The predicted molar refractivity (Wildman–Crippen MR) is 81.1 cm³/mol. The number of thiophene rings is 1. The summed E-state index contributed by atoms with van der Waals surface area (Å²) in [6, 6.07) is 2.05. The summed E-state index contributed by atoms with van der Waals surface area (Å²) in [4.78, 5) is 14.0. The van der Waals surface area contributed by atoms with Crippen molar-refractivity contribution in [3.8, 4) is 0 Å². The van der Waals surface area contributed by atoms with E-state index in [-0.39, 0.29) is 18.3 Å². The van der Waals surface area contributed by atoms with Crippen molar-refractivity contribution in [2.45, 2.75) is 37.8 Å².